The van der Waals surface area contributed by atoms with Crippen molar-refractivity contribution in [2.75, 3.05) is 13.1 Å². The number of pyridine rings is 1. The van der Waals surface area contributed by atoms with E-state index >= 15 is 0 Å². The van der Waals surface area contributed by atoms with Crippen molar-refractivity contribution in [1.82, 2.24) is 9.88 Å². The Balaban J connectivity index is 1.52. The summed E-state index contributed by atoms with van der Waals surface area (Å²) in [5, 5.41) is 0. The minimum Gasteiger partial charge on any atom is -0.343 e. The molecule has 1 saturated heterocycles. The summed E-state index contributed by atoms with van der Waals surface area (Å²) in [4.78, 5) is 18.4. The second-order valence-corrected chi connectivity index (χ2v) is 6.35. The van der Waals surface area contributed by atoms with E-state index in [0.29, 0.717) is 12.3 Å². The number of benzene rings is 1. The van der Waals surface area contributed by atoms with Gasteiger partial charge in [-0.05, 0) is 61.6 Å². The van der Waals surface area contributed by atoms with Gasteiger partial charge in [-0.1, -0.05) is 12.5 Å². The predicted octanol–water partition coefficient (Wildman–Crippen LogP) is 4.22. The Hall–Kier alpha value is -2.23. The maximum atomic E-state index is 13.0. The molecule has 0 saturated carbocycles. The maximum absolute atomic E-state index is 13.0. The van der Waals surface area contributed by atoms with Gasteiger partial charge in [-0.25, -0.2) is 4.39 Å². The van der Waals surface area contributed by atoms with Crippen molar-refractivity contribution in [3.63, 3.8) is 0 Å². The fourth-order valence-electron chi connectivity index (χ4n) is 3.11. The number of carbonyl (C=O) groups excluding carboxylic acids is 1. The van der Waals surface area contributed by atoms with Gasteiger partial charge in [0, 0.05) is 31.3 Å². The summed E-state index contributed by atoms with van der Waals surface area (Å²) in [7, 11) is 0. The van der Waals surface area contributed by atoms with Crippen molar-refractivity contribution in [1.29, 1.82) is 0 Å². The zero-order chi connectivity index (χ0) is 16.8. The fourth-order valence-corrected chi connectivity index (χ4v) is 3.11. The molecule has 0 spiro atoms. The quantitative estimate of drug-likeness (QED) is 0.824. The lowest BCUT2D eigenvalue weighted by atomic mass is 10.1. The van der Waals surface area contributed by atoms with Crippen molar-refractivity contribution >= 4 is 5.91 Å². The number of rotatable bonds is 5. The van der Waals surface area contributed by atoms with Crippen LogP contribution in [0.2, 0.25) is 0 Å². The van der Waals surface area contributed by atoms with Crippen LogP contribution in [-0.4, -0.2) is 28.9 Å². The molecule has 126 valence electrons. The molecule has 1 aliphatic rings. The van der Waals surface area contributed by atoms with Gasteiger partial charge in [0.05, 0.1) is 5.69 Å². The van der Waals surface area contributed by atoms with Crippen LogP contribution in [0.15, 0.2) is 42.6 Å². The molecule has 0 bridgehead atoms. The van der Waals surface area contributed by atoms with E-state index in [-0.39, 0.29) is 5.82 Å². The molecule has 0 radical (unpaired) electrons. The number of nitrogens with zero attached hydrogens (tertiary/aromatic N) is 2. The average molecular weight is 326 g/mol. The summed E-state index contributed by atoms with van der Waals surface area (Å²) < 4.78 is 13.0. The summed E-state index contributed by atoms with van der Waals surface area (Å²) in [6.45, 7) is 1.74. The molecule has 0 atom stereocenters. The largest absolute Gasteiger partial charge is 0.343 e. The fraction of sp³-hybridized carbons (Fsp3) is 0.400. The average Bonchev–Trinajstić information content (AvgIpc) is 2.81. The zero-order valence-electron chi connectivity index (χ0n) is 13.9. The van der Waals surface area contributed by atoms with E-state index in [2.05, 4.69) is 11.1 Å². The number of amides is 1. The van der Waals surface area contributed by atoms with Crippen LogP contribution in [0.5, 0.6) is 0 Å². The van der Waals surface area contributed by atoms with Gasteiger partial charge in [0.25, 0.3) is 0 Å². The summed E-state index contributed by atoms with van der Waals surface area (Å²) in [6, 6.07) is 10.4. The summed E-state index contributed by atoms with van der Waals surface area (Å²) in [5.74, 6) is 0.0655. The van der Waals surface area contributed by atoms with Gasteiger partial charge in [0.2, 0.25) is 5.91 Å². The first-order valence-electron chi connectivity index (χ1n) is 8.71. The number of aromatic nitrogens is 1. The smallest absolute Gasteiger partial charge is 0.222 e. The SMILES string of the molecule is O=C1CCCCCN1CCCc1ccc(-c2ccc(F)cc2)nc1. The van der Waals surface area contributed by atoms with Crippen LogP contribution in [0.25, 0.3) is 11.3 Å². The van der Waals surface area contributed by atoms with Gasteiger partial charge >= 0.3 is 0 Å². The van der Waals surface area contributed by atoms with Crippen molar-refractivity contribution in [3.05, 3.63) is 54.0 Å². The van der Waals surface area contributed by atoms with Gasteiger partial charge in [-0.2, -0.15) is 0 Å². The van der Waals surface area contributed by atoms with Crippen molar-refractivity contribution in [2.24, 2.45) is 0 Å². The molecule has 0 N–H and O–H groups in total. The van der Waals surface area contributed by atoms with Crippen molar-refractivity contribution < 1.29 is 9.18 Å². The lowest BCUT2D eigenvalue weighted by molar-refractivity contribution is -0.130. The van der Waals surface area contributed by atoms with E-state index in [1.165, 1.54) is 17.7 Å². The number of halogens is 1. The Kier molecular flexibility index (Phi) is 5.57. The minimum atomic E-state index is -0.238. The molecular weight excluding hydrogens is 303 g/mol. The molecule has 1 aromatic heterocycles. The molecule has 24 heavy (non-hydrogen) atoms. The van der Waals surface area contributed by atoms with Crippen LogP contribution in [0.4, 0.5) is 4.39 Å². The first-order valence-corrected chi connectivity index (χ1v) is 8.71. The van der Waals surface area contributed by atoms with E-state index in [0.717, 1.165) is 56.5 Å². The summed E-state index contributed by atoms with van der Waals surface area (Å²) in [5.41, 5.74) is 2.93. The molecule has 4 heteroatoms. The van der Waals surface area contributed by atoms with Crippen molar-refractivity contribution in [2.45, 2.75) is 38.5 Å². The lowest BCUT2D eigenvalue weighted by Gasteiger charge is -2.20. The molecule has 0 aliphatic carbocycles. The third kappa shape index (κ3) is 4.40. The van der Waals surface area contributed by atoms with Crippen molar-refractivity contribution in [3.8, 4) is 11.3 Å². The molecule has 0 unspecified atom stereocenters. The number of hydrogen-bond donors (Lipinski definition) is 0. The molecule has 1 aromatic carbocycles. The van der Waals surface area contributed by atoms with E-state index < -0.39 is 0 Å². The Bertz CT molecular complexity index is 667. The third-order valence-electron chi connectivity index (χ3n) is 4.53. The van der Waals surface area contributed by atoms with E-state index in [9.17, 15) is 9.18 Å². The van der Waals surface area contributed by atoms with Gasteiger partial charge in [0.1, 0.15) is 5.82 Å². The normalized spacial score (nSPS) is 15.4. The highest BCUT2D eigenvalue weighted by Crippen LogP contribution is 2.18. The zero-order valence-corrected chi connectivity index (χ0v) is 13.9. The highest BCUT2D eigenvalue weighted by atomic mass is 19.1. The van der Waals surface area contributed by atoms with Crippen LogP contribution in [0.1, 0.15) is 37.7 Å². The molecule has 3 rings (SSSR count). The topological polar surface area (TPSA) is 33.2 Å². The van der Waals surface area contributed by atoms with Gasteiger partial charge in [-0.3, -0.25) is 9.78 Å². The Morgan fingerprint density at radius 1 is 1.04 bits per heavy atom. The highest BCUT2D eigenvalue weighted by molar-refractivity contribution is 5.76. The van der Waals surface area contributed by atoms with E-state index in [4.69, 9.17) is 0 Å². The molecule has 1 fully saturated rings. The molecular formula is C20H23FN2O. The Labute approximate surface area is 142 Å². The standard InChI is InChI=1S/C20H23FN2O/c21-18-10-8-17(9-11-18)19-12-7-16(15-22-19)5-4-14-23-13-3-1-2-6-20(23)24/h7-12,15H,1-6,13-14H2. The van der Waals surface area contributed by atoms with Crippen LogP contribution in [0.3, 0.4) is 0 Å². The van der Waals surface area contributed by atoms with E-state index in [1.807, 2.05) is 17.2 Å². The molecule has 1 aliphatic heterocycles. The molecule has 1 amide bonds. The maximum Gasteiger partial charge on any atom is 0.222 e. The number of aryl methyl sites for hydroxylation is 1. The summed E-state index contributed by atoms with van der Waals surface area (Å²) >= 11 is 0. The number of likely N-dealkylation sites (tertiary alicyclic amines) is 1. The Morgan fingerprint density at radius 2 is 1.88 bits per heavy atom. The highest BCUT2D eigenvalue weighted by Gasteiger charge is 2.15. The minimum absolute atomic E-state index is 0.238. The van der Waals surface area contributed by atoms with Gasteiger partial charge in [0.15, 0.2) is 0 Å². The first-order chi connectivity index (χ1) is 11.7. The monoisotopic (exact) mass is 326 g/mol. The molecule has 2 aromatic rings. The van der Waals surface area contributed by atoms with Crippen LogP contribution >= 0.6 is 0 Å². The first kappa shape index (κ1) is 16.6. The molecule has 2 heterocycles. The molecule has 3 nitrogen and oxygen atoms in total. The summed E-state index contributed by atoms with van der Waals surface area (Å²) in [6.07, 6.45) is 7.78. The van der Waals surface area contributed by atoms with Crippen LogP contribution in [-0.2, 0) is 11.2 Å². The Morgan fingerprint density at radius 3 is 2.62 bits per heavy atom. The second-order valence-electron chi connectivity index (χ2n) is 6.35. The van der Waals surface area contributed by atoms with Gasteiger partial charge in [-0.15, -0.1) is 0 Å². The third-order valence-corrected chi connectivity index (χ3v) is 4.53. The van der Waals surface area contributed by atoms with Gasteiger partial charge < -0.3 is 4.90 Å². The number of hydrogen-bond acceptors (Lipinski definition) is 2. The predicted molar refractivity (Wildman–Crippen MR) is 93.0 cm³/mol. The second kappa shape index (κ2) is 8.04. The van der Waals surface area contributed by atoms with Crippen LogP contribution in [0, 0.1) is 5.82 Å². The van der Waals surface area contributed by atoms with E-state index in [1.54, 1.807) is 12.1 Å². The number of carbonyl (C=O) groups is 1. The van der Waals surface area contributed by atoms with Crippen LogP contribution < -0.4 is 0 Å². The lowest BCUT2D eigenvalue weighted by Crippen LogP contribution is -2.31.